The van der Waals surface area contributed by atoms with Crippen molar-refractivity contribution in [1.29, 1.82) is 0 Å². The molecule has 0 amide bonds. The Morgan fingerprint density at radius 1 is 1.00 bits per heavy atom. The molecule has 3 aromatic carbocycles. The van der Waals surface area contributed by atoms with Gasteiger partial charge in [-0.25, -0.2) is 9.79 Å². The molecule has 1 aliphatic rings. The van der Waals surface area contributed by atoms with Crippen LogP contribution in [0.1, 0.15) is 16.7 Å². The second-order valence-electron chi connectivity index (χ2n) is 9.47. The average Bonchev–Trinajstić information content (AvgIpc) is 3.41. The Morgan fingerprint density at radius 3 is 2.57 bits per heavy atom. The number of halogens is 1. The molecule has 0 saturated carbocycles. The first-order chi connectivity index (χ1) is 17.9. The number of rotatable bonds is 5. The summed E-state index contributed by atoms with van der Waals surface area (Å²) < 4.78 is 5.17. The van der Waals surface area contributed by atoms with Crippen LogP contribution in [-0.4, -0.2) is 63.8 Å². The summed E-state index contributed by atoms with van der Waals surface area (Å²) in [5.41, 5.74) is 5.52. The Morgan fingerprint density at radius 2 is 1.78 bits per heavy atom. The number of likely N-dealkylation sites (N-methyl/N-ethyl adjacent to an activating group) is 1. The van der Waals surface area contributed by atoms with Crippen LogP contribution < -0.4 is 5.76 Å². The number of piperazine rings is 1. The lowest BCUT2D eigenvalue weighted by molar-refractivity contribution is 0.148. The molecular weight excluding hydrogens is 490 g/mol. The third kappa shape index (κ3) is 4.79. The maximum Gasteiger partial charge on any atom is 0.417 e. The molecule has 0 spiro atoms. The maximum absolute atomic E-state index is 11.7. The van der Waals surface area contributed by atoms with Crippen molar-refractivity contribution in [3.63, 3.8) is 0 Å². The van der Waals surface area contributed by atoms with Gasteiger partial charge in [0, 0.05) is 48.7 Å². The third-order valence-electron chi connectivity index (χ3n) is 6.85. The molecule has 0 bridgehead atoms. The number of aromatic hydroxyl groups is 1. The van der Waals surface area contributed by atoms with E-state index in [1.807, 2.05) is 24.3 Å². The smallest absolute Gasteiger partial charge is 0.417 e. The van der Waals surface area contributed by atoms with Gasteiger partial charge in [0.2, 0.25) is 0 Å². The second kappa shape index (κ2) is 9.55. The van der Waals surface area contributed by atoms with Crippen molar-refractivity contribution < 1.29 is 9.52 Å². The summed E-state index contributed by atoms with van der Waals surface area (Å²) in [5.74, 6) is -0.533. The van der Waals surface area contributed by atoms with Crippen LogP contribution in [0.15, 0.2) is 74.9 Å². The monoisotopic (exact) mass is 515 g/mol. The van der Waals surface area contributed by atoms with Crippen molar-refractivity contribution in [2.24, 2.45) is 4.99 Å². The van der Waals surface area contributed by atoms with Gasteiger partial charge in [-0.05, 0) is 55.1 Å². The summed E-state index contributed by atoms with van der Waals surface area (Å²) in [6.45, 7) is 5.18. The molecule has 2 aromatic heterocycles. The number of H-pyrrole nitrogens is 2. The number of nitrogens with zero attached hydrogens (tertiary/aromatic N) is 3. The zero-order chi connectivity index (χ0) is 25.5. The van der Waals surface area contributed by atoms with Gasteiger partial charge in [-0.1, -0.05) is 29.8 Å². The fourth-order valence-electron chi connectivity index (χ4n) is 4.83. The number of hydrogen-bond donors (Lipinski definition) is 3. The molecule has 5 aromatic rings. The Labute approximate surface area is 217 Å². The normalized spacial score (nSPS) is 15.7. The topological polar surface area (TPSA) is 101 Å². The van der Waals surface area contributed by atoms with Gasteiger partial charge in [0.05, 0.1) is 28.0 Å². The standard InChI is InChI=1S/C28H26ClN5O3/c1-33-10-12-34(13-11-33)16-17-2-6-20(7-3-17)30-26(18-4-9-24-23(14-18)32-28(36)37-24)25-21-8-5-19(29)15-22(21)31-27(25)35/h2-9,14-15,31,35H,10-13,16H2,1H3,(H,32,36). The van der Waals surface area contributed by atoms with Crippen molar-refractivity contribution in [1.82, 2.24) is 19.8 Å². The van der Waals surface area contributed by atoms with Crippen LogP contribution in [0.25, 0.3) is 22.0 Å². The van der Waals surface area contributed by atoms with E-state index in [-0.39, 0.29) is 5.88 Å². The van der Waals surface area contributed by atoms with E-state index in [2.05, 4.69) is 38.9 Å². The van der Waals surface area contributed by atoms with Crippen LogP contribution in [0, 0.1) is 0 Å². The van der Waals surface area contributed by atoms with Crippen molar-refractivity contribution in [3.8, 4) is 5.88 Å². The number of aromatic nitrogens is 2. The summed E-state index contributed by atoms with van der Waals surface area (Å²) >= 11 is 6.18. The molecule has 6 rings (SSSR count). The quantitative estimate of drug-likeness (QED) is 0.290. The van der Waals surface area contributed by atoms with Crippen LogP contribution in [0.2, 0.25) is 5.02 Å². The molecule has 188 valence electrons. The fraction of sp³-hybridized carbons (Fsp3) is 0.214. The Balaban J connectivity index is 1.41. The minimum absolute atomic E-state index is 0.0107. The molecule has 0 atom stereocenters. The SMILES string of the molecule is CN1CCN(Cc2ccc(N=C(c3ccc4oc(=O)[nH]c4c3)c3c(O)[nH]c4cc(Cl)ccc34)cc2)CC1. The van der Waals surface area contributed by atoms with Gasteiger partial charge in [0.15, 0.2) is 11.5 Å². The molecule has 3 heterocycles. The summed E-state index contributed by atoms with van der Waals surface area (Å²) in [7, 11) is 2.16. The fourth-order valence-corrected chi connectivity index (χ4v) is 5.00. The van der Waals surface area contributed by atoms with E-state index in [0.29, 0.717) is 32.9 Å². The van der Waals surface area contributed by atoms with Gasteiger partial charge in [-0.2, -0.15) is 0 Å². The molecule has 0 aliphatic carbocycles. The Bertz CT molecular complexity index is 1670. The van der Waals surface area contributed by atoms with Crippen LogP contribution in [-0.2, 0) is 6.54 Å². The van der Waals surface area contributed by atoms with E-state index in [0.717, 1.165) is 49.4 Å². The van der Waals surface area contributed by atoms with Crippen molar-refractivity contribution in [2.45, 2.75) is 6.54 Å². The number of hydrogen-bond acceptors (Lipinski definition) is 6. The van der Waals surface area contributed by atoms with E-state index in [9.17, 15) is 9.90 Å². The molecule has 3 N–H and O–H groups in total. The number of aromatic amines is 2. The highest BCUT2D eigenvalue weighted by Crippen LogP contribution is 2.33. The Kier molecular flexibility index (Phi) is 6.08. The van der Waals surface area contributed by atoms with Gasteiger partial charge < -0.3 is 19.4 Å². The van der Waals surface area contributed by atoms with Crippen molar-refractivity contribution >= 4 is 45.0 Å². The molecule has 8 nitrogen and oxygen atoms in total. The van der Waals surface area contributed by atoms with Gasteiger partial charge in [0.1, 0.15) is 0 Å². The highest BCUT2D eigenvalue weighted by molar-refractivity contribution is 6.31. The summed E-state index contributed by atoms with van der Waals surface area (Å²) in [5, 5.41) is 12.3. The summed E-state index contributed by atoms with van der Waals surface area (Å²) in [4.78, 5) is 27.2. The Hall–Kier alpha value is -3.85. The van der Waals surface area contributed by atoms with E-state index < -0.39 is 5.76 Å². The van der Waals surface area contributed by atoms with Crippen LogP contribution in [0.5, 0.6) is 5.88 Å². The number of fused-ring (bicyclic) bond motifs is 2. The summed E-state index contributed by atoms with van der Waals surface area (Å²) in [6, 6.07) is 18.9. The highest BCUT2D eigenvalue weighted by Gasteiger charge is 2.20. The number of benzene rings is 3. The lowest BCUT2D eigenvalue weighted by Gasteiger charge is -2.32. The first-order valence-electron chi connectivity index (χ1n) is 12.2. The first kappa shape index (κ1) is 23.5. The van der Waals surface area contributed by atoms with Gasteiger partial charge in [-0.3, -0.25) is 9.88 Å². The maximum atomic E-state index is 11.7. The molecule has 1 saturated heterocycles. The molecule has 1 aliphatic heterocycles. The number of nitrogens with one attached hydrogen (secondary N) is 2. The zero-order valence-electron chi connectivity index (χ0n) is 20.3. The van der Waals surface area contributed by atoms with E-state index >= 15 is 0 Å². The van der Waals surface area contributed by atoms with Crippen LogP contribution in [0.3, 0.4) is 0 Å². The number of aliphatic imine (C=N–C) groups is 1. The lowest BCUT2D eigenvalue weighted by atomic mass is 10.00. The lowest BCUT2D eigenvalue weighted by Crippen LogP contribution is -2.43. The average molecular weight is 516 g/mol. The molecule has 1 fully saturated rings. The highest BCUT2D eigenvalue weighted by atomic mass is 35.5. The predicted molar refractivity (Wildman–Crippen MR) is 146 cm³/mol. The zero-order valence-corrected chi connectivity index (χ0v) is 21.0. The molecule has 9 heteroatoms. The molecular formula is C28H26ClN5O3. The van der Waals surface area contributed by atoms with Crippen molar-refractivity contribution in [2.75, 3.05) is 33.2 Å². The van der Waals surface area contributed by atoms with Gasteiger partial charge >= 0.3 is 5.76 Å². The first-order valence-corrected chi connectivity index (χ1v) is 12.5. The largest absolute Gasteiger partial charge is 0.494 e. The predicted octanol–water partition coefficient (Wildman–Crippen LogP) is 4.88. The van der Waals surface area contributed by atoms with E-state index in [4.69, 9.17) is 21.0 Å². The third-order valence-corrected chi connectivity index (χ3v) is 7.08. The van der Waals surface area contributed by atoms with E-state index in [1.54, 1.807) is 24.3 Å². The second-order valence-corrected chi connectivity index (χ2v) is 9.91. The van der Waals surface area contributed by atoms with Gasteiger partial charge in [-0.15, -0.1) is 0 Å². The van der Waals surface area contributed by atoms with Crippen LogP contribution >= 0.6 is 11.6 Å². The van der Waals surface area contributed by atoms with Crippen LogP contribution in [0.4, 0.5) is 5.69 Å². The minimum Gasteiger partial charge on any atom is -0.494 e. The van der Waals surface area contributed by atoms with E-state index in [1.165, 1.54) is 5.56 Å². The summed E-state index contributed by atoms with van der Waals surface area (Å²) in [6.07, 6.45) is 0. The molecule has 37 heavy (non-hydrogen) atoms. The number of oxazole rings is 1. The molecule has 0 unspecified atom stereocenters. The minimum atomic E-state index is -0.522. The van der Waals surface area contributed by atoms with Crippen molar-refractivity contribution in [3.05, 3.63) is 92.9 Å². The van der Waals surface area contributed by atoms with Gasteiger partial charge in [0.25, 0.3) is 0 Å². The molecule has 0 radical (unpaired) electrons.